The van der Waals surface area contributed by atoms with Crippen molar-refractivity contribution in [1.29, 1.82) is 0 Å². The molecule has 0 bridgehead atoms. The largest absolute Gasteiger partial charge is 0.493 e. The minimum Gasteiger partial charge on any atom is -0.493 e. The summed E-state index contributed by atoms with van der Waals surface area (Å²) in [7, 11) is 2.94. The highest BCUT2D eigenvalue weighted by atomic mass is 16.5. The Bertz CT molecular complexity index is 1030. The van der Waals surface area contributed by atoms with Gasteiger partial charge in [-0.1, -0.05) is 30.3 Å². The van der Waals surface area contributed by atoms with E-state index < -0.39 is 24.0 Å². The van der Waals surface area contributed by atoms with E-state index in [9.17, 15) is 14.4 Å². The molecule has 2 aromatic rings. The van der Waals surface area contributed by atoms with Gasteiger partial charge in [0.25, 0.3) is 0 Å². The molecule has 2 amide bonds. The van der Waals surface area contributed by atoms with Gasteiger partial charge in [-0.2, -0.15) is 0 Å². The van der Waals surface area contributed by atoms with Crippen LogP contribution in [0.3, 0.4) is 0 Å². The van der Waals surface area contributed by atoms with Gasteiger partial charge in [-0.25, -0.2) is 14.4 Å². The summed E-state index contributed by atoms with van der Waals surface area (Å²) in [5.74, 6) is -0.447. The summed E-state index contributed by atoms with van der Waals surface area (Å²) in [4.78, 5) is 37.6. The quantitative estimate of drug-likeness (QED) is 0.607. The lowest BCUT2D eigenvalue weighted by Gasteiger charge is -2.29. The average molecular weight is 440 g/mol. The zero-order chi connectivity index (χ0) is 23.1. The van der Waals surface area contributed by atoms with E-state index in [0.717, 1.165) is 0 Å². The minimum absolute atomic E-state index is 0.148. The Labute approximate surface area is 185 Å². The number of esters is 2. The molecule has 1 atom stereocenters. The molecule has 1 aliphatic rings. The fourth-order valence-electron chi connectivity index (χ4n) is 3.26. The summed E-state index contributed by atoms with van der Waals surface area (Å²) in [6, 6.07) is 12.3. The van der Waals surface area contributed by atoms with Crippen molar-refractivity contribution >= 4 is 18.0 Å². The van der Waals surface area contributed by atoms with Crippen LogP contribution >= 0.6 is 0 Å². The molecule has 0 aliphatic carbocycles. The van der Waals surface area contributed by atoms with Crippen LogP contribution in [0.4, 0.5) is 4.79 Å². The number of amides is 2. The van der Waals surface area contributed by atoms with E-state index in [4.69, 9.17) is 18.9 Å². The number of benzene rings is 2. The van der Waals surface area contributed by atoms with Crippen molar-refractivity contribution in [3.8, 4) is 11.5 Å². The molecule has 2 N–H and O–H groups in total. The molecule has 0 unspecified atom stereocenters. The van der Waals surface area contributed by atoms with Gasteiger partial charge in [0.1, 0.15) is 6.61 Å². The molecule has 2 aromatic carbocycles. The van der Waals surface area contributed by atoms with Crippen molar-refractivity contribution in [3.05, 3.63) is 70.9 Å². The van der Waals surface area contributed by atoms with E-state index in [1.807, 2.05) is 6.07 Å². The third-order valence-electron chi connectivity index (χ3n) is 4.75. The summed E-state index contributed by atoms with van der Waals surface area (Å²) in [6.07, 6.45) is 0. The summed E-state index contributed by atoms with van der Waals surface area (Å²) < 4.78 is 20.9. The third kappa shape index (κ3) is 5.00. The Morgan fingerprint density at radius 1 is 0.938 bits per heavy atom. The van der Waals surface area contributed by atoms with Gasteiger partial charge in [0.15, 0.2) is 11.5 Å². The molecule has 0 spiro atoms. The van der Waals surface area contributed by atoms with Crippen LogP contribution < -0.4 is 20.1 Å². The maximum absolute atomic E-state index is 12.7. The molecule has 1 aliphatic heterocycles. The van der Waals surface area contributed by atoms with Crippen LogP contribution in [0.1, 0.15) is 28.9 Å². The van der Waals surface area contributed by atoms with E-state index in [-0.39, 0.29) is 30.0 Å². The number of carbonyl (C=O) groups is 3. The lowest BCUT2D eigenvalue weighted by Crippen LogP contribution is -2.47. The number of methoxy groups -OCH3 is 2. The van der Waals surface area contributed by atoms with E-state index in [0.29, 0.717) is 17.1 Å². The summed E-state index contributed by atoms with van der Waals surface area (Å²) in [5, 5.41) is 5.28. The molecule has 0 fully saturated rings. The predicted molar refractivity (Wildman–Crippen MR) is 114 cm³/mol. The first-order valence-electron chi connectivity index (χ1n) is 9.90. The van der Waals surface area contributed by atoms with Gasteiger partial charge in [0.2, 0.25) is 0 Å². The Hall–Kier alpha value is -4.01. The number of urea groups is 1. The van der Waals surface area contributed by atoms with Crippen molar-refractivity contribution in [2.24, 2.45) is 0 Å². The van der Waals surface area contributed by atoms with Gasteiger partial charge < -0.3 is 29.6 Å². The molecule has 9 nitrogen and oxygen atoms in total. The van der Waals surface area contributed by atoms with Crippen molar-refractivity contribution in [3.63, 3.8) is 0 Å². The smallest absolute Gasteiger partial charge is 0.338 e. The van der Waals surface area contributed by atoms with E-state index in [2.05, 4.69) is 10.6 Å². The lowest BCUT2D eigenvalue weighted by molar-refractivity contribution is -0.139. The topological polar surface area (TPSA) is 112 Å². The van der Waals surface area contributed by atoms with Crippen molar-refractivity contribution in [2.75, 3.05) is 27.4 Å². The van der Waals surface area contributed by atoms with Crippen LogP contribution in [0.25, 0.3) is 0 Å². The van der Waals surface area contributed by atoms with Crippen LogP contribution in [0.5, 0.6) is 11.5 Å². The zero-order valence-electron chi connectivity index (χ0n) is 18.0. The highest BCUT2D eigenvalue weighted by Crippen LogP contribution is 2.29. The Balaban J connectivity index is 1.89. The summed E-state index contributed by atoms with van der Waals surface area (Å²) in [5.41, 5.74) is 1.22. The van der Waals surface area contributed by atoms with Crippen molar-refractivity contribution in [1.82, 2.24) is 10.6 Å². The normalized spacial score (nSPS) is 15.3. The van der Waals surface area contributed by atoms with Crippen LogP contribution in [-0.4, -0.2) is 45.4 Å². The monoisotopic (exact) mass is 440 g/mol. The average Bonchev–Trinajstić information content (AvgIpc) is 2.82. The molecule has 1 heterocycles. The van der Waals surface area contributed by atoms with Crippen LogP contribution in [0.15, 0.2) is 59.8 Å². The van der Waals surface area contributed by atoms with Crippen LogP contribution in [0.2, 0.25) is 0 Å². The highest BCUT2D eigenvalue weighted by molar-refractivity contribution is 5.95. The molecule has 168 valence electrons. The van der Waals surface area contributed by atoms with Gasteiger partial charge in [-0.15, -0.1) is 0 Å². The number of ether oxygens (including phenoxy) is 4. The second kappa shape index (κ2) is 10.3. The fourth-order valence-corrected chi connectivity index (χ4v) is 3.26. The SMILES string of the molecule is CCOC(=O)C1=C(COC(=O)c2ccc(OC)c(OC)c2)NC(=O)N[C@@H]1c1ccccc1. The number of carbonyl (C=O) groups excluding carboxylic acids is 3. The van der Waals surface area contributed by atoms with Gasteiger partial charge >= 0.3 is 18.0 Å². The first kappa shape index (κ1) is 22.7. The molecule has 0 saturated carbocycles. The number of hydrogen-bond acceptors (Lipinski definition) is 7. The zero-order valence-corrected chi connectivity index (χ0v) is 18.0. The third-order valence-corrected chi connectivity index (χ3v) is 4.75. The Morgan fingerprint density at radius 3 is 2.31 bits per heavy atom. The standard InChI is InChI=1S/C23H24N2O7/c1-4-31-22(27)19-16(24-23(28)25-20(19)14-8-6-5-7-9-14)13-32-21(26)15-10-11-17(29-2)18(12-15)30-3/h5-12,20H,4,13H2,1-3H3,(H2,24,25,28)/t20-/m1/s1. The van der Waals surface area contributed by atoms with Crippen molar-refractivity contribution in [2.45, 2.75) is 13.0 Å². The number of nitrogens with one attached hydrogen (secondary N) is 2. The maximum Gasteiger partial charge on any atom is 0.338 e. The fraction of sp³-hybridized carbons (Fsp3) is 0.261. The second-order valence-corrected chi connectivity index (χ2v) is 6.70. The molecular weight excluding hydrogens is 416 g/mol. The first-order chi connectivity index (χ1) is 15.5. The molecular formula is C23H24N2O7. The summed E-state index contributed by atoms with van der Waals surface area (Å²) in [6.45, 7) is 1.50. The van der Waals surface area contributed by atoms with Crippen molar-refractivity contribution < 1.29 is 33.3 Å². The highest BCUT2D eigenvalue weighted by Gasteiger charge is 2.34. The molecule has 0 saturated heterocycles. The molecule has 32 heavy (non-hydrogen) atoms. The van der Waals surface area contributed by atoms with E-state index >= 15 is 0 Å². The molecule has 0 aromatic heterocycles. The van der Waals surface area contributed by atoms with Gasteiger partial charge in [0.05, 0.1) is 43.7 Å². The number of hydrogen-bond donors (Lipinski definition) is 2. The van der Waals surface area contributed by atoms with Gasteiger partial charge in [-0.3, -0.25) is 0 Å². The predicted octanol–water partition coefficient (Wildman–Crippen LogP) is 2.73. The van der Waals surface area contributed by atoms with Crippen LogP contribution in [0, 0.1) is 0 Å². The Kier molecular flexibility index (Phi) is 7.33. The Morgan fingerprint density at radius 2 is 1.66 bits per heavy atom. The van der Waals surface area contributed by atoms with Crippen LogP contribution in [-0.2, 0) is 14.3 Å². The van der Waals surface area contributed by atoms with Gasteiger partial charge in [0, 0.05) is 0 Å². The minimum atomic E-state index is -0.751. The first-order valence-corrected chi connectivity index (χ1v) is 9.90. The van der Waals surface area contributed by atoms with Gasteiger partial charge in [-0.05, 0) is 30.7 Å². The molecule has 0 radical (unpaired) electrons. The van der Waals surface area contributed by atoms with E-state index in [1.165, 1.54) is 26.4 Å². The summed E-state index contributed by atoms with van der Waals surface area (Å²) >= 11 is 0. The molecule has 3 rings (SSSR count). The molecule has 9 heteroatoms. The number of rotatable bonds is 8. The van der Waals surface area contributed by atoms with E-state index in [1.54, 1.807) is 37.3 Å². The lowest BCUT2D eigenvalue weighted by atomic mass is 9.95. The second-order valence-electron chi connectivity index (χ2n) is 6.70. The maximum atomic E-state index is 12.7.